The smallest absolute Gasteiger partial charge is 0.232 e. The summed E-state index contributed by atoms with van der Waals surface area (Å²) in [7, 11) is 1.78. The van der Waals surface area contributed by atoms with Gasteiger partial charge in [0.05, 0.1) is 18.3 Å². The van der Waals surface area contributed by atoms with Crippen molar-refractivity contribution < 1.29 is 14.3 Å². The van der Waals surface area contributed by atoms with Crippen LogP contribution in [-0.4, -0.2) is 63.1 Å². The van der Waals surface area contributed by atoms with E-state index in [1.54, 1.807) is 11.9 Å². The molecule has 1 aliphatic carbocycles. The topological polar surface area (TPSA) is 82.4 Å². The van der Waals surface area contributed by atoms with E-state index in [1.807, 2.05) is 28.9 Å². The van der Waals surface area contributed by atoms with Crippen LogP contribution in [0.1, 0.15) is 31.7 Å². The number of likely N-dealkylation sites (N-methyl/N-ethyl adjacent to an activating group) is 1. The summed E-state index contributed by atoms with van der Waals surface area (Å²) in [6.45, 7) is 0.906. The van der Waals surface area contributed by atoms with Crippen LogP contribution < -0.4 is 9.47 Å². The first-order valence-electron chi connectivity index (χ1n) is 9.24. The minimum absolute atomic E-state index is 0.0171. The lowest BCUT2D eigenvalue weighted by atomic mass is 10.2. The molecule has 0 N–H and O–H groups in total. The molecule has 1 atom stereocenters. The van der Waals surface area contributed by atoms with Gasteiger partial charge in [0.1, 0.15) is 6.61 Å². The van der Waals surface area contributed by atoms with E-state index >= 15 is 0 Å². The number of nitrogens with zero attached hydrogens (tertiary/aromatic N) is 5. The zero-order valence-corrected chi connectivity index (χ0v) is 16.1. The summed E-state index contributed by atoms with van der Waals surface area (Å²) in [6.07, 6.45) is 4.45. The summed E-state index contributed by atoms with van der Waals surface area (Å²) in [5, 5.41) is 12.7. The largest absolute Gasteiger partial charge is 0.486 e. The number of aromatic nitrogens is 4. The SMILES string of the molecule is CN(C[C@H]1COc2ccccc2O1)C(=O)CSc1nnnn1C1CCCC1. The van der Waals surface area contributed by atoms with Crippen molar-refractivity contribution in [2.45, 2.75) is 43.0 Å². The molecule has 0 bridgehead atoms. The van der Waals surface area contributed by atoms with Crippen LogP contribution in [0.15, 0.2) is 29.4 Å². The lowest BCUT2D eigenvalue weighted by molar-refractivity contribution is -0.128. The van der Waals surface area contributed by atoms with E-state index in [4.69, 9.17) is 9.47 Å². The van der Waals surface area contributed by atoms with Gasteiger partial charge in [-0.15, -0.1) is 5.10 Å². The molecule has 144 valence electrons. The molecule has 8 nitrogen and oxygen atoms in total. The second-order valence-corrected chi connectivity index (χ2v) is 7.85. The predicted molar refractivity (Wildman–Crippen MR) is 100 cm³/mol. The molecule has 4 rings (SSSR count). The average molecular weight is 389 g/mol. The number of carbonyl (C=O) groups excluding carboxylic acids is 1. The Labute approximate surface area is 162 Å². The quantitative estimate of drug-likeness (QED) is 0.700. The van der Waals surface area contributed by atoms with Crippen molar-refractivity contribution in [3.8, 4) is 11.5 Å². The van der Waals surface area contributed by atoms with Gasteiger partial charge >= 0.3 is 0 Å². The minimum atomic E-state index is -0.178. The molecule has 0 radical (unpaired) electrons. The fraction of sp³-hybridized carbons (Fsp3) is 0.556. The first kappa shape index (κ1) is 18.1. The summed E-state index contributed by atoms with van der Waals surface area (Å²) in [4.78, 5) is 14.2. The molecule has 1 aliphatic heterocycles. The molecule has 0 spiro atoms. The van der Waals surface area contributed by atoms with Crippen molar-refractivity contribution >= 4 is 17.7 Å². The van der Waals surface area contributed by atoms with E-state index in [0.717, 1.165) is 29.5 Å². The third-order valence-corrected chi connectivity index (χ3v) is 5.85. The average Bonchev–Trinajstić information content (AvgIpc) is 3.37. The van der Waals surface area contributed by atoms with Crippen LogP contribution in [0.2, 0.25) is 0 Å². The van der Waals surface area contributed by atoms with Gasteiger partial charge in [0.2, 0.25) is 11.1 Å². The third-order valence-electron chi connectivity index (χ3n) is 4.93. The molecule has 2 heterocycles. The Kier molecular flexibility index (Phi) is 5.47. The lowest BCUT2D eigenvalue weighted by Crippen LogP contribution is -2.42. The predicted octanol–water partition coefficient (Wildman–Crippen LogP) is 2.18. The third kappa shape index (κ3) is 4.18. The van der Waals surface area contributed by atoms with Crippen molar-refractivity contribution in [3.05, 3.63) is 24.3 Å². The number of tetrazole rings is 1. The maximum absolute atomic E-state index is 12.5. The maximum Gasteiger partial charge on any atom is 0.232 e. The van der Waals surface area contributed by atoms with Crippen molar-refractivity contribution in [1.29, 1.82) is 0 Å². The molecule has 27 heavy (non-hydrogen) atoms. The van der Waals surface area contributed by atoms with Crippen LogP contribution in [0.5, 0.6) is 11.5 Å². The molecule has 1 saturated carbocycles. The molecule has 1 aromatic carbocycles. The summed E-state index contributed by atoms with van der Waals surface area (Å²) in [6, 6.07) is 7.94. The van der Waals surface area contributed by atoms with Crippen LogP contribution in [0.3, 0.4) is 0 Å². The van der Waals surface area contributed by atoms with Gasteiger partial charge in [-0.2, -0.15) is 0 Å². The molecule has 1 aromatic heterocycles. The second kappa shape index (κ2) is 8.16. The number of thioether (sulfide) groups is 1. The molecule has 2 aromatic rings. The van der Waals surface area contributed by atoms with Gasteiger partial charge in [0, 0.05) is 7.05 Å². The molecule has 2 aliphatic rings. The van der Waals surface area contributed by atoms with Gasteiger partial charge in [0.15, 0.2) is 17.6 Å². The summed E-state index contributed by atoms with van der Waals surface area (Å²) >= 11 is 1.39. The lowest BCUT2D eigenvalue weighted by Gasteiger charge is -2.29. The molecule has 1 amide bonds. The number of carbonyl (C=O) groups is 1. The molecule has 1 fully saturated rings. The fourth-order valence-electron chi connectivity index (χ4n) is 3.46. The second-order valence-electron chi connectivity index (χ2n) is 6.90. The van der Waals surface area contributed by atoms with Crippen LogP contribution in [-0.2, 0) is 4.79 Å². The van der Waals surface area contributed by atoms with Gasteiger partial charge in [-0.05, 0) is 35.4 Å². The zero-order valence-electron chi connectivity index (χ0n) is 15.3. The number of ether oxygens (including phenoxy) is 2. The van der Waals surface area contributed by atoms with E-state index in [-0.39, 0.29) is 12.0 Å². The molecular weight excluding hydrogens is 366 g/mol. The summed E-state index contributed by atoms with van der Waals surface area (Å²) in [5.41, 5.74) is 0. The maximum atomic E-state index is 12.5. The first-order valence-corrected chi connectivity index (χ1v) is 10.2. The number of benzene rings is 1. The Bertz CT molecular complexity index is 793. The van der Waals surface area contributed by atoms with E-state index in [1.165, 1.54) is 24.6 Å². The number of hydrogen-bond donors (Lipinski definition) is 0. The Morgan fingerprint density at radius 3 is 2.89 bits per heavy atom. The highest BCUT2D eigenvalue weighted by atomic mass is 32.2. The Morgan fingerprint density at radius 1 is 1.30 bits per heavy atom. The number of para-hydroxylation sites is 2. The van der Waals surface area contributed by atoms with E-state index in [2.05, 4.69) is 15.5 Å². The van der Waals surface area contributed by atoms with Crippen molar-refractivity contribution in [1.82, 2.24) is 25.1 Å². The number of rotatable bonds is 6. The molecule has 0 unspecified atom stereocenters. The van der Waals surface area contributed by atoms with E-state index in [9.17, 15) is 4.79 Å². The highest BCUT2D eigenvalue weighted by Crippen LogP contribution is 2.32. The van der Waals surface area contributed by atoms with Crippen LogP contribution in [0.25, 0.3) is 0 Å². The summed E-state index contributed by atoms with van der Waals surface area (Å²) < 4.78 is 13.5. The Balaban J connectivity index is 1.28. The monoisotopic (exact) mass is 389 g/mol. The van der Waals surface area contributed by atoms with Gasteiger partial charge in [-0.3, -0.25) is 4.79 Å². The minimum Gasteiger partial charge on any atom is -0.486 e. The highest BCUT2D eigenvalue weighted by Gasteiger charge is 2.25. The van der Waals surface area contributed by atoms with E-state index in [0.29, 0.717) is 24.9 Å². The van der Waals surface area contributed by atoms with Crippen molar-refractivity contribution in [2.75, 3.05) is 26.0 Å². The standard InChI is InChI=1S/C18H23N5O3S/c1-22(10-14-11-25-15-8-4-5-9-16(15)26-14)17(24)12-27-18-19-20-21-23(18)13-6-2-3-7-13/h4-5,8-9,13-14H,2-3,6-7,10-12H2,1H3/t14-/m0/s1. The molecule has 9 heteroatoms. The van der Waals surface area contributed by atoms with Gasteiger partial charge < -0.3 is 14.4 Å². The summed E-state index contributed by atoms with van der Waals surface area (Å²) in [5.74, 6) is 1.79. The number of fused-ring (bicyclic) bond motifs is 1. The number of amides is 1. The first-order chi connectivity index (χ1) is 13.2. The van der Waals surface area contributed by atoms with Gasteiger partial charge in [-0.25, -0.2) is 4.68 Å². The van der Waals surface area contributed by atoms with Gasteiger partial charge in [0.25, 0.3) is 0 Å². The Morgan fingerprint density at radius 2 is 2.07 bits per heavy atom. The Hall–Kier alpha value is -2.29. The van der Waals surface area contributed by atoms with E-state index < -0.39 is 0 Å². The molecular formula is C18H23N5O3S. The zero-order chi connectivity index (χ0) is 18.6. The van der Waals surface area contributed by atoms with Crippen LogP contribution in [0.4, 0.5) is 0 Å². The van der Waals surface area contributed by atoms with Crippen molar-refractivity contribution in [2.24, 2.45) is 0 Å². The normalized spacial score (nSPS) is 19.2. The van der Waals surface area contributed by atoms with Crippen molar-refractivity contribution in [3.63, 3.8) is 0 Å². The number of hydrogen-bond acceptors (Lipinski definition) is 7. The highest BCUT2D eigenvalue weighted by molar-refractivity contribution is 7.99. The van der Waals surface area contributed by atoms with Crippen LogP contribution in [0, 0.1) is 0 Å². The van der Waals surface area contributed by atoms with Crippen LogP contribution >= 0.6 is 11.8 Å². The molecule has 0 saturated heterocycles. The fourth-order valence-corrected chi connectivity index (χ4v) is 4.34. The van der Waals surface area contributed by atoms with Gasteiger partial charge in [-0.1, -0.05) is 36.7 Å².